The van der Waals surface area contributed by atoms with Crippen LogP contribution in [0.1, 0.15) is 58.5 Å². The number of aromatic nitrogens is 2. The predicted molar refractivity (Wildman–Crippen MR) is 204 cm³/mol. The first-order chi connectivity index (χ1) is 26.0. The molecule has 0 saturated carbocycles. The van der Waals surface area contributed by atoms with Gasteiger partial charge in [0.25, 0.3) is 22.9 Å². The number of hydrogen-bond acceptors (Lipinski definition) is 8. The van der Waals surface area contributed by atoms with E-state index >= 15 is 0 Å². The quantitative estimate of drug-likeness (QED) is 0.124. The number of carbonyl (C=O) groups is 4. The first-order valence-electron chi connectivity index (χ1n) is 17.2. The summed E-state index contributed by atoms with van der Waals surface area (Å²) >= 11 is 0. The zero-order valence-corrected chi connectivity index (χ0v) is 29.7. The highest BCUT2D eigenvalue weighted by Crippen LogP contribution is 2.27. The van der Waals surface area contributed by atoms with Gasteiger partial charge in [0.15, 0.2) is 5.78 Å². The van der Waals surface area contributed by atoms with Gasteiger partial charge in [-0.15, -0.1) is 0 Å². The molecule has 0 aliphatic carbocycles. The van der Waals surface area contributed by atoms with Gasteiger partial charge in [-0.05, 0) is 35.4 Å². The lowest BCUT2D eigenvalue weighted by Gasteiger charge is -2.23. The van der Waals surface area contributed by atoms with E-state index < -0.39 is 34.2 Å². The number of aromatic amines is 1. The van der Waals surface area contributed by atoms with E-state index in [1.165, 1.54) is 9.58 Å². The number of carbonyl (C=O) groups excluding carboxylic acids is 4. The second-order valence-corrected chi connectivity index (χ2v) is 12.2. The van der Waals surface area contributed by atoms with E-state index in [1.54, 1.807) is 62.4 Å². The van der Waals surface area contributed by atoms with Crippen LogP contribution in [-0.4, -0.2) is 54.8 Å². The molecule has 0 aliphatic rings. The molecule has 0 unspecified atom stereocenters. The number of aromatic hydroxyl groups is 2. The summed E-state index contributed by atoms with van der Waals surface area (Å²) in [7, 11) is 0. The Balaban J connectivity index is 0.000000239. The normalized spacial score (nSPS) is 10.6. The molecule has 0 radical (unpaired) electrons. The summed E-state index contributed by atoms with van der Waals surface area (Å²) in [5.41, 5.74) is 3.06. The number of H-pyrrole nitrogens is 1. The lowest BCUT2D eigenvalue weighted by atomic mass is 10.1. The minimum absolute atomic E-state index is 0.131. The number of Topliss-reactive ketones (excluding diaryl/α,β-unsaturated/α-hetero) is 1. The van der Waals surface area contributed by atoms with E-state index in [2.05, 4.69) is 15.7 Å². The molecule has 54 heavy (non-hydrogen) atoms. The van der Waals surface area contributed by atoms with E-state index in [1.807, 2.05) is 60.7 Å². The third kappa shape index (κ3) is 8.70. The number of benzene rings is 4. The van der Waals surface area contributed by atoms with Crippen LogP contribution in [0.2, 0.25) is 0 Å². The maximum atomic E-state index is 13.5. The van der Waals surface area contributed by atoms with Gasteiger partial charge in [-0.3, -0.25) is 34.2 Å². The van der Waals surface area contributed by atoms with Crippen LogP contribution in [0, 0.1) is 0 Å². The van der Waals surface area contributed by atoms with Crippen molar-refractivity contribution in [2.24, 2.45) is 0 Å². The van der Waals surface area contributed by atoms with Crippen LogP contribution in [0.4, 0.5) is 0 Å². The van der Waals surface area contributed by atoms with Gasteiger partial charge >= 0.3 is 0 Å². The molecule has 5 N–H and O–H groups in total. The zero-order chi connectivity index (χ0) is 38.8. The predicted octanol–water partition coefficient (Wildman–Crippen LogP) is 4.78. The van der Waals surface area contributed by atoms with Gasteiger partial charge in [0.1, 0.15) is 22.6 Å². The number of pyridine rings is 2. The molecular weight excluding hydrogens is 690 g/mol. The first kappa shape index (κ1) is 38.2. The largest absolute Gasteiger partial charge is 0.506 e. The Labute approximate surface area is 309 Å². The van der Waals surface area contributed by atoms with Crippen molar-refractivity contribution < 1.29 is 29.4 Å². The molecule has 0 spiro atoms. The Morgan fingerprint density at radius 3 is 1.91 bits per heavy atom. The zero-order valence-electron chi connectivity index (χ0n) is 29.7. The highest BCUT2D eigenvalue weighted by molar-refractivity contribution is 6.04. The molecule has 2 aromatic heterocycles. The molecule has 4 aromatic carbocycles. The number of amides is 3. The fraction of sp³-hybridized carbons (Fsp3) is 0.171. The van der Waals surface area contributed by atoms with Crippen LogP contribution in [0.3, 0.4) is 0 Å². The number of nitrogens with one attached hydrogen (secondary N) is 3. The van der Waals surface area contributed by atoms with Gasteiger partial charge in [0.2, 0.25) is 5.91 Å². The van der Waals surface area contributed by atoms with Crippen LogP contribution < -0.4 is 21.9 Å². The fourth-order valence-corrected chi connectivity index (χ4v) is 5.67. The average Bonchev–Trinajstić information content (AvgIpc) is 3.19. The minimum atomic E-state index is -0.840. The molecule has 0 aliphatic heterocycles. The molecule has 6 aromatic rings. The minimum Gasteiger partial charge on any atom is -0.506 e. The lowest BCUT2D eigenvalue weighted by molar-refractivity contribution is -0.134. The third-order valence-electron chi connectivity index (χ3n) is 8.54. The highest BCUT2D eigenvalue weighted by Gasteiger charge is 2.25. The Morgan fingerprint density at radius 2 is 1.26 bits per heavy atom. The van der Waals surface area contributed by atoms with Crippen LogP contribution in [0.5, 0.6) is 11.5 Å². The van der Waals surface area contributed by atoms with E-state index in [-0.39, 0.29) is 49.1 Å². The molecule has 2 heterocycles. The summed E-state index contributed by atoms with van der Waals surface area (Å²) in [6.45, 7) is 3.55. The molecule has 0 saturated heterocycles. The van der Waals surface area contributed by atoms with Gasteiger partial charge in [0.05, 0.1) is 30.7 Å². The summed E-state index contributed by atoms with van der Waals surface area (Å²) in [5.74, 6) is -2.88. The standard InChI is InChI=1S/C27H25N3O4.C14H14N2O4/c1-2-23(31)30(18-20-13-7-4-8-14-20)28-26(33)24-25(32)21-15-9-10-16-22(21)29(27(24)34)17-19-11-5-3-6-12-19;1-2-8(17)7-15-13(19)11-12(18)9-5-3-4-6-10(9)16-14(11)20/h3-16,32H,2,17-18H2,1H3,(H,28,33);3-6H,2,7H2,1H3,(H,15,19)(H2,16,18,20). The van der Waals surface area contributed by atoms with E-state index in [0.717, 1.165) is 11.1 Å². The summed E-state index contributed by atoms with van der Waals surface area (Å²) < 4.78 is 1.46. The Hall–Kier alpha value is -7.02. The van der Waals surface area contributed by atoms with Gasteiger partial charge in [0, 0.05) is 23.6 Å². The van der Waals surface area contributed by atoms with Crippen molar-refractivity contribution in [3.8, 4) is 11.5 Å². The van der Waals surface area contributed by atoms with Crippen molar-refractivity contribution in [3.05, 3.63) is 152 Å². The molecule has 0 atom stereocenters. The molecule has 0 fully saturated rings. The van der Waals surface area contributed by atoms with Crippen LogP contribution in [0.15, 0.2) is 119 Å². The maximum Gasteiger partial charge on any atom is 0.279 e. The molecule has 3 amide bonds. The Morgan fingerprint density at radius 1 is 0.685 bits per heavy atom. The topological polar surface area (TPSA) is 191 Å². The average molecular weight is 730 g/mol. The number of hydrazine groups is 1. The fourth-order valence-electron chi connectivity index (χ4n) is 5.67. The number of rotatable bonds is 10. The molecule has 0 bridgehead atoms. The summed E-state index contributed by atoms with van der Waals surface area (Å²) in [4.78, 5) is 76.7. The van der Waals surface area contributed by atoms with Crippen molar-refractivity contribution >= 4 is 45.3 Å². The smallest absolute Gasteiger partial charge is 0.279 e. The van der Waals surface area contributed by atoms with Crippen molar-refractivity contribution in [3.63, 3.8) is 0 Å². The first-order valence-corrected chi connectivity index (χ1v) is 17.2. The van der Waals surface area contributed by atoms with Crippen LogP contribution in [0.25, 0.3) is 21.8 Å². The van der Waals surface area contributed by atoms with Gasteiger partial charge < -0.3 is 25.1 Å². The summed E-state index contributed by atoms with van der Waals surface area (Å²) in [5, 5.41) is 25.2. The summed E-state index contributed by atoms with van der Waals surface area (Å²) in [6.07, 6.45) is 0.454. The molecule has 6 rings (SSSR count). The third-order valence-corrected chi connectivity index (χ3v) is 8.54. The second-order valence-electron chi connectivity index (χ2n) is 12.2. The van der Waals surface area contributed by atoms with Crippen molar-refractivity contribution in [2.75, 3.05) is 6.54 Å². The van der Waals surface area contributed by atoms with E-state index in [0.29, 0.717) is 28.2 Å². The highest BCUT2D eigenvalue weighted by atomic mass is 16.3. The van der Waals surface area contributed by atoms with Crippen molar-refractivity contribution in [1.82, 2.24) is 25.3 Å². The summed E-state index contributed by atoms with van der Waals surface area (Å²) in [6, 6.07) is 32.1. The second kappa shape index (κ2) is 17.5. The number of hydrogen-bond donors (Lipinski definition) is 5. The molecule has 13 nitrogen and oxygen atoms in total. The van der Waals surface area contributed by atoms with Crippen LogP contribution in [-0.2, 0) is 22.7 Å². The monoisotopic (exact) mass is 729 g/mol. The van der Waals surface area contributed by atoms with Crippen molar-refractivity contribution in [2.45, 2.75) is 39.8 Å². The number of fused-ring (bicyclic) bond motifs is 2. The SMILES string of the molecule is CCC(=O)CNC(=O)c1c(O)c2ccccc2[nH]c1=O.CCC(=O)N(Cc1ccccc1)NC(=O)c1c(O)c2ccccc2n(Cc2ccccc2)c1=O. The Bertz CT molecular complexity index is 2440. The molecule has 13 heteroatoms. The lowest BCUT2D eigenvalue weighted by Crippen LogP contribution is -2.47. The number of nitrogens with zero attached hydrogens (tertiary/aromatic N) is 2. The van der Waals surface area contributed by atoms with E-state index in [9.17, 15) is 39.0 Å². The maximum absolute atomic E-state index is 13.5. The van der Waals surface area contributed by atoms with E-state index in [4.69, 9.17) is 0 Å². The van der Waals surface area contributed by atoms with Gasteiger partial charge in [-0.25, -0.2) is 5.01 Å². The Kier molecular flexibility index (Phi) is 12.4. The number of ketones is 1. The molecule has 276 valence electrons. The van der Waals surface area contributed by atoms with Crippen molar-refractivity contribution in [1.29, 1.82) is 0 Å². The van der Waals surface area contributed by atoms with Gasteiger partial charge in [-0.2, -0.15) is 0 Å². The molecular formula is C41H39N5O8. The van der Waals surface area contributed by atoms with Gasteiger partial charge in [-0.1, -0.05) is 98.8 Å². The van der Waals surface area contributed by atoms with Crippen LogP contribution >= 0.6 is 0 Å². The number of para-hydroxylation sites is 2.